The number of para-hydroxylation sites is 2. The Hall–Kier alpha value is -2.48. The van der Waals surface area contributed by atoms with E-state index in [1.165, 1.54) is 136 Å². The first-order valence-electron chi connectivity index (χ1n) is 45.1. The van der Waals surface area contributed by atoms with Crippen LogP contribution in [0.4, 0.5) is 11.4 Å². The highest BCUT2D eigenvalue weighted by atomic mass is 32.2. The van der Waals surface area contributed by atoms with Crippen LogP contribution in [0.25, 0.3) is 0 Å². The van der Waals surface area contributed by atoms with Crippen LogP contribution in [0.15, 0.2) is 60.7 Å². The number of nitrogens with one attached hydrogen (secondary N) is 3. The van der Waals surface area contributed by atoms with Crippen LogP contribution in [-0.4, -0.2) is 304 Å². The van der Waals surface area contributed by atoms with Gasteiger partial charge in [0.2, 0.25) is 0 Å². The molecule has 9 aliphatic rings. The molecule has 0 bridgehead atoms. The van der Waals surface area contributed by atoms with Gasteiger partial charge in [0.15, 0.2) is 19.7 Å². The molecule has 0 aromatic heterocycles. The second-order valence-electron chi connectivity index (χ2n) is 32.1. The third-order valence-electron chi connectivity index (χ3n) is 19.8. The number of hydrogen-bond donors (Lipinski definition) is 3. The standard InChI is InChI=1S/C9H19N.C8H18N2.C8H17NOS.C7H16N2.C7H15NO2S.2C7H15N.2C7H9N.C6H13NO2S.C6H13N.6C2H6/c1-9(2,3)10-7-5-4-6-8-10;1-8(2)10-6-4-9(3)5-7-10;1-8(2)9-4-6-11(3,10)7-5-9;1-6(2)9-5-7(3)4-8-9;1-7(2)8-4-3-5-11(9,10)6-8;2*1-7(2)8-5-3-4-6-8;2*1-8-7-5-3-2-4-6-7;1-6(2)7-3-4-10(8,9)5-7;1-6(2)7-4-3-5-7;6*1-2/h4-8H2,1-3H3;8H,4-7H2,1-3H3;8H,3-7H2,1-2H3;6-8H,4-5H2,1-3H3;7H,3-6H2,1-2H3;2*7H,3-6H2,1-2H3;2*2-6,8H,1H3;6H,3-5H2,1-2H3;6H,3-5H2,1-2H3;6*1-2H3. The summed E-state index contributed by atoms with van der Waals surface area (Å²) in [6, 6.07) is 25.2. The zero-order valence-corrected chi connectivity index (χ0v) is 83.2. The van der Waals surface area contributed by atoms with Crippen molar-refractivity contribution >= 4 is 46.4 Å². The first-order chi connectivity index (χ1) is 52.8. The minimum atomic E-state index is -2.75. The number of nitrogens with zero attached hydrogens (tertiary/aromatic N) is 10. The van der Waals surface area contributed by atoms with E-state index in [1.54, 1.807) is 0 Å². The molecule has 2 aromatic carbocycles. The number of sulfone groups is 2. The third-order valence-corrected chi connectivity index (χ3v) is 24.9. The summed E-state index contributed by atoms with van der Waals surface area (Å²) in [6.07, 6.45) is 12.1. The Kier molecular flexibility index (Phi) is 79.1. The number of hydrogen-bond acceptors (Lipinski definition) is 18. The summed E-state index contributed by atoms with van der Waals surface area (Å²) in [5.41, 5.74) is 6.06. The summed E-state index contributed by atoms with van der Waals surface area (Å²) >= 11 is 0. The summed E-state index contributed by atoms with van der Waals surface area (Å²) in [4.78, 5) is 21.3. The SMILES string of the molecule is C=S1(=O)CCN(C(C)C)CC1.CC.CC.CC.CC.CC.CC.CC(C)(C)N1CCCCC1.CC(C)N1CCC1.CC(C)N1CCCC1.CC(C)N1CCCC1.CC(C)N1CCCS(=O)(=O)C1.CC(C)N1CCN(C)CC1.CC(C)N1CCS(=O)(=O)C1.CC1CNN(C(C)C)C1.CNc1ccccc1.CNc1ccccc1. The van der Waals surface area contributed by atoms with Crippen molar-refractivity contribution in [2.24, 2.45) is 5.92 Å². The Balaban J connectivity index is -0.000000272. The molecule has 0 spiro atoms. The van der Waals surface area contributed by atoms with E-state index in [-0.39, 0.29) is 11.8 Å². The van der Waals surface area contributed by atoms with Crippen LogP contribution >= 0.6 is 0 Å². The Bertz CT molecular complexity index is 2570. The van der Waals surface area contributed by atoms with Gasteiger partial charge in [-0.25, -0.2) is 21.8 Å². The molecule has 0 amide bonds. The van der Waals surface area contributed by atoms with Gasteiger partial charge in [-0.3, -0.25) is 34.1 Å². The Labute approximate surface area is 701 Å². The highest BCUT2D eigenvalue weighted by Gasteiger charge is 2.28. The maximum Gasteiger partial charge on any atom is 0.164 e. The van der Waals surface area contributed by atoms with Gasteiger partial charge in [-0.15, -0.1) is 0 Å². The van der Waals surface area contributed by atoms with Crippen LogP contribution in [0.1, 0.15) is 279 Å². The number of rotatable bonds is 10. The van der Waals surface area contributed by atoms with Gasteiger partial charge in [0.25, 0.3) is 0 Å². The lowest BCUT2D eigenvalue weighted by Gasteiger charge is -2.38. The lowest BCUT2D eigenvalue weighted by molar-refractivity contribution is 0.111. The Morgan fingerprint density at radius 1 is 0.366 bits per heavy atom. The van der Waals surface area contributed by atoms with E-state index >= 15 is 0 Å². The summed E-state index contributed by atoms with van der Waals surface area (Å²) in [7, 11) is -1.14. The summed E-state index contributed by atoms with van der Waals surface area (Å²) in [5.74, 6) is 7.34. The highest BCUT2D eigenvalue weighted by molar-refractivity contribution is 8.00. The molecule has 9 saturated heterocycles. The van der Waals surface area contributed by atoms with Gasteiger partial charge >= 0.3 is 0 Å². The smallest absolute Gasteiger partial charge is 0.164 e. The summed E-state index contributed by atoms with van der Waals surface area (Å²) < 4.78 is 55.5. The molecule has 0 aliphatic carbocycles. The topological polar surface area (TPSA) is 154 Å². The van der Waals surface area contributed by atoms with Crippen molar-refractivity contribution in [2.45, 2.75) is 333 Å². The number of benzene rings is 2. The Morgan fingerprint density at radius 3 is 0.866 bits per heavy atom. The van der Waals surface area contributed by atoms with Crippen LogP contribution in [0.2, 0.25) is 0 Å². The van der Waals surface area contributed by atoms with Gasteiger partial charge in [-0.05, 0) is 288 Å². The third kappa shape index (κ3) is 64.5. The molecule has 9 heterocycles. The summed E-state index contributed by atoms with van der Waals surface area (Å²) in [6.45, 7) is 89.6. The molecule has 9 aliphatic heterocycles. The number of hydrazine groups is 1. The lowest BCUT2D eigenvalue weighted by atomic mass is 10.0. The monoisotopic (exact) mass is 1650 g/mol. The predicted octanol–water partition coefficient (Wildman–Crippen LogP) is 18.4. The Morgan fingerprint density at radius 2 is 0.652 bits per heavy atom. The zero-order valence-electron chi connectivity index (χ0n) is 80.7. The molecular weight excluding hydrogens is 1450 g/mol. The van der Waals surface area contributed by atoms with Crippen LogP contribution in [-0.2, 0) is 29.2 Å². The average Bonchev–Trinajstić information content (AvgIpc) is 1.23. The average molecular weight is 1650 g/mol. The summed E-state index contributed by atoms with van der Waals surface area (Å²) in [5, 5.41) is 8.35. The van der Waals surface area contributed by atoms with E-state index in [2.05, 4.69) is 179 Å². The lowest BCUT2D eigenvalue weighted by Crippen LogP contribution is -2.47. The van der Waals surface area contributed by atoms with Crippen LogP contribution < -0.4 is 16.1 Å². The molecule has 112 heavy (non-hydrogen) atoms. The molecule has 2 aromatic rings. The molecule has 672 valence electrons. The normalized spacial score (nSPS) is 20.2. The second-order valence-corrected chi connectivity index (χ2v) is 39.1. The first kappa shape index (κ1) is 120. The van der Waals surface area contributed by atoms with Crippen molar-refractivity contribution in [1.29, 1.82) is 0 Å². The maximum atomic E-state index is 11.4. The molecule has 21 heteroatoms. The number of anilines is 2. The quantitative estimate of drug-likeness (QED) is 0.193. The van der Waals surface area contributed by atoms with E-state index in [4.69, 9.17) is 0 Å². The van der Waals surface area contributed by atoms with Crippen molar-refractivity contribution in [3.8, 4) is 0 Å². The maximum absolute atomic E-state index is 11.4. The second kappa shape index (κ2) is 73.6. The molecule has 18 nitrogen and oxygen atoms in total. The molecule has 1 unspecified atom stereocenters. The van der Waals surface area contributed by atoms with Crippen molar-refractivity contribution in [2.75, 3.05) is 184 Å². The molecule has 1 atom stereocenters. The molecule has 11 rings (SSSR count). The number of likely N-dealkylation sites (tertiary alicyclic amines) is 4. The van der Waals surface area contributed by atoms with Gasteiger partial charge < -0.3 is 30.2 Å². The van der Waals surface area contributed by atoms with Gasteiger partial charge in [0.05, 0.1) is 11.5 Å². The molecular formula is C91H195N13O5S3. The van der Waals surface area contributed by atoms with Crippen LogP contribution in [0.3, 0.4) is 0 Å². The predicted molar refractivity (Wildman–Crippen MR) is 509 cm³/mol. The van der Waals surface area contributed by atoms with Crippen LogP contribution in [0, 0.1) is 5.92 Å². The largest absolute Gasteiger partial charge is 0.388 e. The van der Waals surface area contributed by atoms with E-state index in [0.29, 0.717) is 47.8 Å². The van der Waals surface area contributed by atoms with Crippen molar-refractivity contribution in [3.05, 3.63) is 60.7 Å². The molecule has 0 saturated carbocycles. The van der Waals surface area contributed by atoms with Gasteiger partial charge in [-0.2, -0.15) is 0 Å². The van der Waals surface area contributed by atoms with Gasteiger partial charge in [0.1, 0.15) is 11.8 Å². The van der Waals surface area contributed by atoms with Gasteiger partial charge in [-0.1, -0.05) is 133 Å². The van der Waals surface area contributed by atoms with Crippen LogP contribution in [0.5, 0.6) is 0 Å². The zero-order chi connectivity index (χ0) is 87.7. The first-order valence-corrected chi connectivity index (χ1v) is 50.8. The minimum Gasteiger partial charge on any atom is -0.388 e. The number of piperidine rings is 1. The fourth-order valence-electron chi connectivity index (χ4n) is 12.2. The highest BCUT2D eigenvalue weighted by Crippen LogP contribution is 2.20. The van der Waals surface area contributed by atoms with Crippen molar-refractivity contribution in [3.63, 3.8) is 0 Å². The van der Waals surface area contributed by atoms with E-state index in [1.807, 2.05) is 195 Å². The van der Waals surface area contributed by atoms with Crippen molar-refractivity contribution < 1.29 is 21.0 Å². The van der Waals surface area contributed by atoms with Crippen molar-refractivity contribution in [1.82, 2.24) is 54.5 Å². The fourth-order valence-corrected chi connectivity index (χ4v) is 16.8. The number of piperazine rings is 1. The number of likely N-dealkylation sites (N-methyl/N-ethyl adjacent to an activating group) is 1. The molecule has 9 fully saturated rings. The van der Waals surface area contributed by atoms with E-state index < -0.39 is 29.2 Å². The fraction of sp³-hybridized carbons (Fsp3) is 0.857. The molecule has 0 radical (unpaired) electrons. The van der Waals surface area contributed by atoms with E-state index in [9.17, 15) is 21.0 Å². The van der Waals surface area contributed by atoms with E-state index in [0.717, 1.165) is 85.6 Å². The molecule has 3 N–H and O–H groups in total. The van der Waals surface area contributed by atoms with Gasteiger partial charge in [0, 0.05) is 156 Å². The minimum absolute atomic E-state index is 0.255.